The SMILES string of the molecule is CC=CCCC1CCC(C2CCC(C3CCC(c4ccc(OCC)c(F)c4F)CC3)CO2)CC1. The predicted octanol–water partition coefficient (Wildman–Crippen LogP) is 8.60. The van der Waals surface area contributed by atoms with E-state index in [0.717, 1.165) is 44.1 Å². The normalized spacial score (nSPS) is 32.7. The van der Waals surface area contributed by atoms with Crippen molar-refractivity contribution in [3.8, 4) is 5.75 Å². The first kappa shape index (κ1) is 25.7. The Hall–Kier alpha value is -1.42. The van der Waals surface area contributed by atoms with E-state index in [1.807, 2.05) is 0 Å². The van der Waals surface area contributed by atoms with Crippen LogP contribution in [0.1, 0.15) is 102 Å². The molecule has 2 aliphatic carbocycles. The summed E-state index contributed by atoms with van der Waals surface area (Å²) in [4.78, 5) is 0. The highest BCUT2D eigenvalue weighted by Crippen LogP contribution is 2.44. The van der Waals surface area contributed by atoms with Crippen molar-refractivity contribution in [2.45, 2.75) is 103 Å². The van der Waals surface area contributed by atoms with Crippen molar-refractivity contribution in [2.24, 2.45) is 23.7 Å². The van der Waals surface area contributed by atoms with E-state index in [2.05, 4.69) is 19.1 Å². The van der Waals surface area contributed by atoms with E-state index in [0.29, 0.717) is 30.1 Å². The number of halogens is 2. The lowest BCUT2D eigenvalue weighted by molar-refractivity contribution is -0.0732. The van der Waals surface area contributed by atoms with Crippen molar-refractivity contribution >= 4 is 0 Å². The van der Waals surface area contributed by atoms with Crippen LogP contribution in [0.15, 0.2) is 24.3 Å². The third-order valence-corrected chi connectivity index (χ3v) is 9.00. The molecule has 0 aromatic heterocycles. The molecule has 2 nitrogen and oxygen atoms in total. The van der Waals surface area contributed by atoms with Crippen LogP contribution in [0.25, 0.3) is 0 Å². The van der Waals surface area contributed by atoms with E-state index in [1.165, 1.54) is 51.4 Å². The Bertz CT molecular complexity index is 783. The molecule has 2 atom stereocenters. The largest absolute Gasteiger partial charge is 0.491 e. The van der Waals surface area contributed by atoms with Crippen molar-refractivity contribution in [1.29, 1.82) is 0 Å². The minimum absolute atomic E-state index is 0.0217. The first-order valence-corrected chi connectivity index (χ1v) is 13.9. The second-order valence-electron chi connectivity index (χ2n) is 11.0. The van der Waals surface area contributed by atoms with Crippen molar-refractivity contribution in [2.75, 3.05) is 13.2 Å². The highest BCUT2D eigenvalue weighted by atomic mass is 19.2. The molecular formula is C30H44F2O2. The third-order valence-electron chi connectivity index (χ3n) is 9.00. The molecule has 0 spiro atoms. The van der Waals surface area contributed by atoms with Gasteiger partial charge in [-0.3, -0.25) is 0 Å². The molecule has 1 heterocycles. The number of benzene rings is 1. The molecule has 0 radical (unpaired) electrons. The Morgan fingerprint density at radius 3 is 2.24 bits per heavy atom. The van der Waals surface area contributed by atoms with Crippen LogP contribution in [0.4, 0.5) is 8.78 Å². The second-order valence-corrected chi connectivity index (χ2v) is 11.0. The fourth-order valence-corrected chi connectivity index (χ4v) is 6.91. The lowest BCUT2D eigenvalue weighted by Crippen LogP contribution is -2.37. The van der Waals surface area contributed by atoms with Crippen LogP contribution in [0.2, 0.25) is 0 Å². The average molecular weight is 475 g/mol. The summed E-state index contributed by atoms with van der Waals surface area (Å²) >= 11 is 0. The summed E-state index contributed by atoms with van der Waals surface area (Å²) in [5, 5.41) is 0. The molecule has 1 saturated heterocycles. The van der Waals surface area contributed by atoms with Gasteiger partial charge in [0, 0.05) is 0 Å². The highest BCUT2D eigenvalue weighted by molar-refractivity contribution is 5.33. The molecule has 1 aromatic carbocycles. The molecule has 3 fully saturated rings. The van der Waals surface area contributed by atoms with Crippen LogP contribution in [-0.4, -0.2) is 19.3 Å². The fourth-order valence-electron chi connectivity index (χ4n) is 6.91. The van der Waals surface area contributed by atoms with E-state index in [9.17, 15) is 8.78 Å². The maximum atomic E-state index is 14.7. The maximum Gasteiger partial charge on any atom is 0.200 e. The molecule has 1 aromatic rings. The first-order chi connectivity index (χ1) is 16.6. The lowest BCUT2D eigenvalue weighted by atomic mass is 9.71. The Balaban J connectivity index is 1.20. The van der Waals surface area contributed by atoms with Crippen LogP contribution >= 0.6 is 0 Å². The predicted molar refractivity (Wildman–Crippen MR) is 134 cm³/mol. The van der Waals surface area contributed by atoms with Gasteiger partial charge in [0.15, 0.2) is 11.6 Å². The Labute approximate surface area is 205 Å². The standard InChI is InChI=1S/C30H44F2O2/c1-3-5-6-7-21-8-10-24(11-9-21)27-18-16-25(20-34-27)22-12-14-23(15-13-22)26-17-19-28(33-4-2)30(32)29(26)31/h3,5,17,19,21-25,27H,4,6-16,18,20H2,1-2H3. The third kappa shape index (κ3) is 6.22. The van der Waals surface area contributed by atoms with Gasteiger partial charge in [-0.2, -0.15) is 4.39 Å². The van der Waals surface area contributed by atoms with Crippen molar-refractivity contribution in [1.82, 2.24) is 0 Å². The summed E-state index contributed by atoms with van der Waals surface area (Å²) in [7, 11) is 0. The maximum absolute atomic E-state index is 14.7. The molecule has 3 aliphatic rings. The van der Waals surface area contributed by atoms with Crippen molar-refractivity contribution in [3.05, 3.63) is 41.5 Å². The Morgan fingerprint density at radius 1 is 0.882 bits per heavy atom. The van der Waals surface area contributed by atoms with Gasteiger partial charge in [-0.05, 0) is 119 Å². The van der Waals surface area contributed by atoms with Crippen LogP contribution in [0.5, 0.6) is 5.75 Å². The molecular weight excluding hydrogens is 430 g/mol. The van der Waals surface area contributed by atoms with Crippen LogP contribution in [0.3, 0.4) is 0 Å². The van der Waals surface area contributed by atoms with Crippen molar-refractivity contribution in [3.63, 3.8) is 0 Å². The molecule has 34 heavy (non-hydrogen) atoms. The van der Waals surface area contributed by atoms with E-state index < -0.39 is 11.6 Å². The van der Waals surface area contributed by atoms with E-state index in [4.69, 9.17) is 9.47 Å². The summed E-state index contributed by atoms with van der Waals surface area (Å²) < 4.78 is 40.7. The molecule has 4 rings (SSSR count). The Morgan fingerprint density at radius 2 is 1.59 bits per heavy atom. The van der Waals surface area contributed by atoms with Gasteiger partial charge in [0.1, 0.15) is 0 Å². The number of hydrogen-bond donors (Lipinski definition) is 0. The van der Waals surface area contributed by atoms with E-state index in [1.54, 1.807) is 19.1 Å². The van der Waals surface area contributed by atoms with Crippen molar-refractivity contribution < 1.29 is 18.3 Å². The zero-order chi connectivity index (χ0) is 23.9. The summed E-state index contributed by atoms with van der Waals surface area (Å²) in [6, 6.07) is 3.33. The van der Waals surface area contributed by atoms with Crippen LogP contribution in [-0.2, 0) is 4.74 Å². The quantitative estimate of drug-likeness (QED) is 0.351. The minimum Gasteiger partial charge on any atom is -0.491 e. The number of ether oxygens (including phenoxy) is 2. The highest BCUT2D eigenvalue weighted by Gasteiger charge is 2.36. The second kappa shape index (κ2) is 12.5. The van der Waals surface area contributed by atoms with Gasteiger partial charge >= 0.3 is 0 Å². The molecule has 2 saturated carbocycles. The van der Waals surface area contributed by atoms with Gasteiger partial charge in [0.25, 0.3) is 0 Å². The smallest absolute Gasteiger partial charge is 0.200 e. The molecule has 1 aliphatic heterocycles. The van der Waals surface area contributed by atoms with E-state index >= 15 is 0 Å². The first-order valence-electron chi connectivity index (χ1n) is 13.9. The van der Waals surface area contributed by atoms with Gasteiger partial charge in [-0.1, -0.05) is 31.1 Å². The van der Waals surface area contributed by atoms with Crippen LogP contribution < -0.4 is 4.74 Å². The Kier molecular flexibility index (Phi) is 9.45. The van der Waals surface area contributed by atoms with Crippen LogP contribution in [0, 0.1) is 35.3 Å². The summed E-state index contributed by atoms with van der Waals surface area (Å²) in [5.74, 6) is 1.55. The van der Waals surface area contributed by atoms with Gasteiger partial charge in [-0.25, -0.2) is 4.39 Å². The fraction of sp³-hybridized carbons (Fsp3) is 0.733. The van der Waals surface area contributed by atoms with Gasteiger partial charge in [-0.15, -0.1) is 0 Å². The lowest BCUT2D eigenvalue weighted by Gasteiger charge is -2.41. The summed E-state index contributed by atoms with van der Waals surface area (Å²) in [5.41, 5.74) is 0.528. The number of rotatable bonds is 8. The molecule has 190 valence electrons. The molecule has 0 N–H and O–H groups in total. The monoisotopic (exact) mass is 474 g/mol. The minimum atomic E-state index is -0.833. The molecule has 4 heteroatoms. The molecule has 0 amide bonds. The number of allylic oxidation sites excluding steroid dienone is 2. The van der Waals surface area contributed by atoms with Gasteiger partial charge in [0.2, 0.25) is 5.82 Å². The zero-order valence-electron chi connectivity index (χ0n) is 21.2. The van der Waals surface area contributed by atoms with Gasteiger partial charge in [0.05, 0.1) is 19.3 Å². The molecule has 2 unspecified atom stereocenters. The van der Waals surface area contributed by atoms with Gasteiger partial charge < -0.3 is 9.47 Å². The summed E-state index contributed by atoms with van der Waals surface area (Å²) in [6.45, 7) is 5.12. The number of hydrogen-bond acceptors (Lipinski definition) is 2. The zero-order valence-corrected chi connectivity index (χ0v) is 21.2. The molecule has 0 bridgehead atoms. The summed E-state index contributed by atoms with van der Waals surface area (Å²) in [6.07, 6.45) is 19.5. The topological polar surface area (TPSA) is 18.5 Å². The van der Waals surface area contributed by atoms with E-state index in [-0.39, 0.29) is 11.7 Å². The average Bonchev–Trinajstić information content (AvgIpc) is 2.88.